The van der Waals surface area contributed by atoms with Crippen molar-refractivity contribution in [3.8, 4) is 0 Å². The normalized spacial score (nSPS) is 12.0. The van der Waals surface area contributed by atoms with Gasteiger partial charge in [0, 0.05) is 0 Å². The van der Waals surface area contributed by atoms with Crippen LogP contribution in [0, 0.1) is 5.92 Å². The van der Waals surface area contributed by atoms with Crippen LogP contribution in [0.1, 0.15) is 19.4 Å². The minimum atomic E-state index is -0.589. The molecule has 1 aromatic rings. The summed E-state index contributed by atoms with van der Waals surface area (Å²) < 4.78 is 5.40. The molecule has 2 heteroatoms. The zero-order valence-corrected chi connectivity index (χ0v) is 10.5. The average Bonchev–Trinajstić information content (AvgIpc) is 2.30. The van der Waals surface area contributed by atoms with E-state index in [4.69, 9.17) is 4.74 Å². The first kappa shape index (κ1) is 13.7. The molecule has 92 valence electrons. The molecule has 0 saturated heterocycles. The zero-order chi connectivity index (χ0) is 12.5. The summed E-state index contributed by atoms with van der Waals surface area (Å²) in [7, 11) is 0. The van der Waals surface area contributed by atoms with E-state index in [-0.39, 0.29) is 0 Å². The van der Waals surface area contributed by atoms with Crippen molar-refractivity contribution in [1.82, 2.24) is 0 Å². The summed E-state index contributed by atoms with van der Waals surface area (Å²) in [5.41, 5.74) is 4.07. The van der Waals surface area contributed by atoms with Gasteiger partial charge in [0.15, 0.2) is 0 Å². The minimum absolute atomic E-state index is 0.299. The lowest BCUT2D eigenvalue weighted by Gasteiger charge is -2.06. The third kappa shape index (κ3) is 6.75. The molecule has 0 fully saturated rings. The standard InChI is InChI=1S/C15H20O2/c1-13(2)7-6-10-15(16)12-17-11-14-8-4-3-5-9-14/h3-5,7-10,13,15-16H,11-12H2,1-2H3/t6?,15-/m0/s1. The van der Waals surface area contributed by atoms with Gasteiger partial charge >= 0.3 is 0 Å². The molecule has 0 aliphatic heterocycles. The molecule has 0 amide bonds. The molecule has 0 unspecified atom stereocenters. The Morgan fingerprint density at radius 3 is 2.59 bits per heavy atom. The molecule has 0 heterocycles. The van der Waals surface area contributed by atoms with Crippen LogP contribution < -0.4 is 0 Å². The molecule has 0 saturated carbocycles. The lowest BCUT2D eigenvalue weighted by molar-refractivity contribution is 0.0504. The Morgan fingerprint density at radius 1 is 1.24 bits per heavy atom. The highest BCUT2D eigenvalue weighted by Crippen LogP contribution is 2.01. The monoisotopic (exact) mass is 232 g/mol. The van der Waals surface area contributed by atoms with Gasteiger partial charge in [-0.25, -0.2) is 0 Å². The third-order valence-corrected chi connectivity index (χ3v) is 2.12. The van der Waals surface area contributed by atoms with Gasteiger partial charge in [0.1, 0.15) is 6.10 Å². The van der Waals surface area contributed by atoms with Crippen LogP contribution in [-0.4, -0.2) is 17.8 Å². The largest absolute Gasteiger partial charge is 0.386 e. The molecule has 2 nitrogen and oxygen atoms in total. The predicted molar refractivity (Wildman–Crippen MR) is 69.6 cm³/mol. The average molecular weight is 232 g/mol. The summed E-state index contributed by atoms with van der Waals surface area (Å²) in [5.74, 6) is 0.448. The Morgan fingerprint density at radius 2 is 1.94 bits per heavy atom. The van der Waals surface area contributed by atoms with Gasteiger partial charge in [0.25, 0.3) is 0 Å². The molecule has 17 heavy (non-hydrogen) atoms. The van der Waals surface area contributed by atoms with Crippen LogP contribution in [0.4, 0.5) is 0 Å². The maximum Gasteiger partial charge on any atom is 0.103 e. The van der Waals surface area contributed by atoms with E-state index < -0.39 is 6.10 Å². The summed E-state index contributed by atoms with van der Waals surface area (Å²) in [6.45, 7) is 4.96. The quantitative estimate of drug-likeness (QED) is 0.764. The van der Waals surface area contributed by atoms with Crippen LogP contribution in [0.15, 0.2) is 48.2 Å². The highest BCUT2D eigenvalue weighted by molar-refractivity contribution is 5.13. The second-order valence-electron chi connectivity index (χ2n) is 4.31. The molecule has 0 spiro atoms. The molecule has 0 aliphatic rings. The number of aliphatic hydroxyl groups is 1. The smallest absolute Gasteiger partial charge is 0.103 e. The fourth-order valence-corrected chi connectivity index (χ4v) is 1.28. The predicted octanol–water partition coefficient (Wildman–Crippen LogP) is 2.93. The van der Waals surface area contributed by atoms with E-state index in [2.05, 4.69) is 19.6 Å². The van der Waals surface area contributed by atoms with Crippen molar-refractivity contribution in [1.29, 1.82) is 0 Å². The number of hydrogen-bond acceptors (Lipinski definition) is 2. The first-order valence-electron chi connectivity index (χ1n) is 5.91. The van der Waals surface area contributed by atoms with Gasteiger partial charge in [-0.05, 0) is 23.6 Å². The summed E-state index contributed by atoms with van der Waals surface area (Å²) in [6, 6.07) is 9.92. The lowest BCUT2D eigenvalue weighted by atomic mass is 10.2. The van der Waals surface area contributed by atoms with Gasteiger partial charge in [-0.3, -0.25) is 0 Å². The fourth-order valence-electron chi connectivity index (χ4n) is 1.28. The van der Waals surface area contributed by atoms with Gasteiger partial charge in [-0.2, -0.15) is 0 Å². The second kappa shape index (κ2) is 7.86. The Hall–Kier alpha value is -1.34. The van der Waals surface area contributed by atoms with Crippen molar-refractivity contribution in [2.45, 2.75) is 26.6 Å². The highest BCUT2D eigenvalue weighted by Gasteiger charge is 1.98. The van der Waals surface area contributed by atoms with Crippen molar-refractivity contribution < 1.29 is 9.84 Å². The maximum atomic E-state index is 9.58. The van der Waals surface area contributed by atoms with E-state index in [1.165, 1.54) is 0 Å². The van der Waals surface area contributed by atoms with E-state index in [0.29, 0.717) is 19.1 Å². The van der Waals surface area contributed by atoms with Gasteiger partial charge in [0.05, 0.1) is 13.2 Å². The summed E-state index contributed by atoms with van der Waals surface area (Å²) in [4.78, 5) is 0. The number of ether oxygens (including phenoxy) is 1. The van der Waals surface area contributed by atoms with Crippen molar-refractivity contribution in [3.05, 3.63) is 53.8 Å². The topological polar surface area (TPSA) is 29.5 Å². The van der Waals surface area contributed by atoms with Gasteiger partial charge in [0.2, 0.25) is 0 Å². The maximum absolute atomic E-state index is 9.58. The molecule has 0 radical (unpaired) electrons. The van der Waals surface area contributed by atoms with Crippen LogP contribution in [0.3, 0.4) is 0 Å². The molecule has 1 rings (SSSR count). The van der Waals surface area contributed by atoms with Gasteiger partial charge in [-0.15, -0.1) is 5.73 Å². The number of benzene rings is 1. The summed E-state index contributed by atoms with van der Waals surface area (Å²) in [6.07, 6.45) is 2.96. The van der Waals surface area contributed by atoms with Crippen molar-refractivity contribution in [2.24, 2.45) is 5.92 Å². The molecule has 0 bridgehead atoms. The molecule has 0 aliphatic carbocycles. The van der Waals surface area contributed by atoms with Crippen LogP contribution in [0.5, 0.6) is 0 Å². The zero-order valence-electron chi connectivity index (χ0n) is 10.5. The third-order valence-electron chi connectivity index (χ3n) is 2.12. The van der Waals surface area contributed by atoms with Gasteiger partial charge in [-0.1, -0.05) is 44.2 Å². The number of aliphatic hydroxyl groups excluding tert-OH is 1. The van der Waals surface area contributed by atoms with E-state index in [1.807, 2.05) is 36.4 Å². The minimum Gasteiger partial charge on any atom is -0.386 e. The first-order valence-corrected chi connectivity index (χ1v) is 5.91. The Kier molecular flexibility index (Phi) is 6.34. The van der Waals surface area contributed by atoms with E-state index in [0.717, 1.165) is 5.56 Å². The summed E-state index contributed by atoms with van der Waals surface area (Å²) in [5, 5.41) is 9.58. The molecule has 0 aromatic heterocycles. The first-order chi connectivity index (χ1) is 8.18. The van der Waals surface area contributed by atoms with Crippen LogP contribution >= 0.6 is 0 Å². The highest BCUT2D eigenvalue weighted by atomic mass is 16.5. The molecular formula is C15H20O2. The van der Waals surface area contributed by atoms with Crippen LogP contribution in [0.25, 0.3) is 0 Å². The Balaban J connectivity index is 2.25. The second-order valence-corrected chi connectivity index (χ2v) is 4.31. The Bertz CT molecular complexity index is 362. The van der Waals surface area contributed by atoms with Crippen molar-refractivity contribution >= 4 is 0 Å². The Labute approximate surface area is 103 Å². The molecule has 1 atom stereocenters. The van der Waals surface area contributed by atoms with E-state index in [1.54, 1.807) is 6.08 Å². The fraction of sp³-hybridized carbons (Fsp3) is 0.400. The van der Waals surface area contributed by atoms with Crippen LogP contribution in [0.2, 0.25) is 0 Å². The lowest BCUT2D eigenvalue weighted by Crippen LogP contribution is -2.11. The number of rotatable bonds is 6. The van der Waals surface area contributed by atoms with Crippen molar-refractivity contribution in [2.75, 3.05) is 6.61 Å². The summed E-state index contributed by atoms with van der Waals surface area (Å²) >= 11 is 0. The van der Waals surface area contributed by atoms with Crippen LogP contribution in [-0.2, 0) is 11.3 Å². The van der Waals surface area contributed by atoms with Gasteiger partial charge < -0.3 is 9.84 Å². The molecule has 1 N–H and O–H groups in total. The SMILES string of the molecule is CC(C)C=C=C[C@H](O)COCc1ccccc1. The van der Waals surface area contributed by atoms with E-state index in [9.17, 15) is 5.11 Å². The van der Waals surface area contributed by atoms with E-state index >= 15 is 0 Å². The molecular weight excluding hydrogens is 212 g/mol. The number of hydrogen-bond donors (Lipinski definition) is 1. The van der Waals surface area contributed by atoms with Crippen molar-refractivity contribution in [3.63, 3.8) is 0 Å². The molecule has 1 aromatic carbocycles.